The van der Waals surface area contributed by atoms with Crippen molar-refractivity contribution in [2.75, 3.05) is 13.1 Å². The normalized spacial score (nSPS) is 33.6. The molecule has 0 saturated carbocycles. The molecule has 0 aromatic heterocycles. The van der Waals surface area contributed by atoms with Crippen LogP contribution in [0.3, 0.4) is 0 Å². The highest BCUT2D eigenvalue weighted by molar-refractivity contribution is 6.30. The van der Waals surface area contributed by atoms with E-state index in [1.165, 1.54) is 49.9 Å². The van der Waals surface area contributed by atoms with E-state index in [1.54, 1.807) is 0 Å². The van der Waals surface area contributed by atoms with Gasteiger partial charge in [-0.25, -0.2) is 0 Å². The molecule has 4 rings (SSSR count). The summed E-state index contributed by atoms with van der Waals surface area (Å²) in [6, 6.07) is 8.53. The molecule has 2 nitrogen and oxygen atoms in total. The number of nitrogens with zero attached hydrogens (tertiary/aromatic N) is 1. The van der Waals surface area contributed by atoms with Crippen LogP contribution >= 0.6 is 11.6 Å². The van der Waals surface area contributed by atoms with Crippen LogP contribution in [-0.4, -0.2) is 36.1 Å². The van der Waals surface area contributed by atoms with E-state index < -0.39 is 0 Å². The number of hydrogen-bond donors (Lipinski definition) is 1. The first-order chi connectivity index (χ1) is 9.29. The molecule has 3 heteroatoms. The van der Waals surface area contributed by atoms with Crippen molar-refractivity contribution in [3.63, 3.8) is 0 Å². The second-order valence-corrected chi connectivity index (χ2v) is 6.76. The van der Waals surface area contributed by atoms with Gasteiger partial charge in [0.25, 0.3) is 0 Å². The lowest BCUT2D eigenvalue weighted by molar-refractivity contribution is 0.289. The maximum absolute atomic E-state index is 6.09. The Bertz CT molecular complexity index is 488. The maximum Gasteiger partial charge on any atom is 0.0408 e. The number of nitrogens with one attached hydrogen (secondary N) is 1. The minimum Gasteiger partial charge on any atom is -0.309 e. The first kappa shape index (κ1) is 12.2. The lowest BCUT2D eigenvalue weighted by Gasteiger charge is -2.24. The molecule has 3 atom stereocenters. The Morgan fingerprint density at radius 1 is 1.11 bits per heavy atom. The van der Waals surface area contributed by atoms with Gasteiger partial charge >= 0.3 is 0 Å². The summed E-state index contributed by atoms with van der Waals surface area (Å²) in [6.45, 7) is 2.62. The molecule has 0 radical (unpaired) electrons. The fourth-order valence-corrected chi connectivity index (χ4v) is 4.48. The van der Waals surface area contributed by atoms with Crippen molar-refractivity contribution < 1.29 is 0 Å². The van der Waals surface area contributed by atoms with Gasteiger partial charge in [0, 0.05) is 29.7 Å². The molecule has 0 bridgehead atoms. The maximum atomic E-state index is 6.09. The van der Waals surface area contributed by atoms with Gasteiger partial charge in [-0.05, 0) is 61.9 Å². The third-order valence-electron chi connectivity index (χ3n) is 5.16. The molecule has 2 aliphatic heterocycles. The van der Waals surface area contributed by atoms with E-state index in [-0.39, 0.29) is 0 Å². The van der Waals surface area contributed by atoms with Gasteiger partial charge in [-0.15, -0.1) is 0 Å². The van der Waals surface area contributed by atoms with Gasteiger partial charge < -0.3 is 5.32 Å². The van der Waals surface area contributed by atoms with Crippen LogP contribution < -0.4 is 5.32 Å². The average molecular weight is 277 g/mol. The van der Waals surface area contributed by atoms with E-state index in [1.807, 2.05) is 6.07 Å². The molecule has 3 unspecified atom stereocenters. The number of hydrogen-bond acceptors (Lipinski definition) is 2. The SMILES string of the molecule is Clc1ccc2c(c1)CC(NC1CCN3CCCC13)C2. The van der Waals surface area contributed by atoms with Crippen LogP contribution in [0.4, 0.5) is 0 Å². The molecular weight excluding hydrogens is 256 g/mol. The molecule has 19 heavy (non-hydrogen) atoms. The van der Waals surface area contributed by atoms with Crippen LogP contribution in [-0.2, 0) is 12.8 Å². The van der Waals surface area contributed by atoms with Crippen molar-refractivity contribution >= 4 is 11.6 Å². The van der Waals surface area contributed by atoms with E-state index >= 15 is 0 Å². The second kappa shape index (κ2) is 4.76. The Kier molecular flexibility index (Phi) is 3.06. The minimum atomic E-state index is 0.624. The summed E-state index contributed by atoms with van der Waals surface area (Å²) in [5, 5.41) is 4.81. The van der Waals surface area contributed by atoms with Crippen LogP contribution in [0, 0.1) is 0 Å². The van der Waals surface area contributed by atoms with E-state index in [9.17, 15) is 0 Å². The lowest BCUT2D eigenvalue weighted by Crippen LogP contribution is -2.44. The Balaban J connectivity index is 1.43. The monoisotopic (exact) mass is 276 g/mol. The number of rotatable bonds is 2. The smallest absolute Gasteiger partial charge is 0.0408 e. The Labute approximate surface area is 120 Å². The van der Waals surface area contributed by atoms with Crippen LogP contribution in [0.15, 0.2) is 18.2 Å². The topological polar surface area (TPSA) is 15.3 Å². The van der Waals surface area contributed by atoms with Gasteiger partial charge in [-0.3, -0.25) is 4.90 Å². The zero-order chi connectivity index (χ0) is 12.8. The summed E-state index contributed by atoms with van der Waals surface area (Å²) >= 11 is 6.09. The first-order valence-corrected chi connectivity index (χ1v) is 7.95. The Morgan fingerprint density at radius 2 is 2.00 bits per heavy atom. The van der Waals surface area contributed by atoms with Crippen molar-refractivity contribution in [3.8, 4) is 0 Å². The molecule has 102 valence electrons. The number of halogens is 1. The van der Waals surface area contributed by atoms with Gasteiger partial charge in [0.15, 0.2) is 0 Å². The highest BCUT2D eigenvalue weighted by Crippen LogP contribution is 2.30. The zero-order valence-electron chi connectivity index (χ0n) is 11.2. The van der Waals surface area contributed by atoms with Crippen molar-refractivity contribution in [3.05, 3.63) is 34.3 Å². The molecular formula is C16H21ClN2. The van der Waals surface area contributed by atoms with Crippen LogP contribution in [0.1, 0.15) is 30.4 Å². The van der Waals surface area contributed by atoms with Crippen LogP contribution in [0.5, 0.6) is 0 Å². The van der Waals surface area contributed by atoms with Crippen LogP contribution in [0.2, 0.25) is 5.02 Å². The third-order valence-corrected chi connectivity index (χ3v) is 5.39. The Morgan fingerprint density at radius 3 is 2.95 bits per heavy atom. The van der Waals surface area contributed by atoms with E-state index in [4.69, 9.17) is 11.6 Å². The second-order valence-electron chi connectivity index (χ2n) is 6.33. The molecule has 3 aliphatic rings. The van der Waals surface area contributed by atoms with E-state index in [0.29, 0.717) is 6.04 Å². The van der Waals surface area contributed by atoms with Crippen molar-refractivity contribution in [1.82, 2.24) is 10.2 Å². The quantitative estimate of drug-likeness (QED) is 0.893. The summed E-state index contributed by atoms with van der Waals surface area (Å²) in [5.41, 5.74) is 2.94. The molecule has 1 aromatic rings. The molecule has 1 aliphatic carbocycles. The number of fused-ring (bicyclic) bond motifs is 2. The predicted octanol–water partition coefficient (Wildman–Crippen LogP) is 2.63. The fourth-order valence-electron chi connectivity index (χ4n) is 4.28. The highest BCUT2D eigenvalue weighted by Gasteiger charge is 2.38. The Hall–Kier alpha value is -0.570. The molecule has 2 saturated heterocycles. The largest absolute Gasteiger partial charge is 0.309 e. The van der Waals surface area contributed by atoms with Crippen molar-refractivity contribution in [2.24, 2.45) is 0 Å². The minimum absolute atomic E-state index is 0.624. The van der Waals surface area contributed by atoms with Crippen LogP contribution in [0.25, 0.3) is 0 Å². The molecule has 1 N–H and O–H groups in total. The van der Waals surface area contributed by atoms with Crippen molar-refractivity contribution in [2.45, 2.75) is 50.2 Å². The zero-order valence-corrected chi connectivity index (χ0v) is 12.0. The summed E-state index contributed by atoms with van der Waals surface area (Å²) in [5.74, 6) is 0. The van der Waals surface area contributed by atoms with Gasteiger partial charge in [-0.1, -0.05) is 17.7 Å². The lowest BCUT2D eigenvalue weighted by atomic mass is 10.0. The number of benzene rings is 1. The highest BCUT2D eigenvalue weighted by atomic mass is 35.5. The summed E-state index contributed by atoms with van der Waals surface area (Å²) in [7, 11) is 0. The summed E-state index contributed by atoms with van der Waals surface area (Å²) in [4.78, 5) is 2.68. The fraction of sp³-hybridized carbons (Fsp3) is 0.625. The predicted molar refractivity (Wildman–Crippen MR) is 78.8 cm³/mol. The molecule has 2 heterocycles. The molecule has 0 amide bonds. The van der Waals surface area contributed by atoms with Gasteiger partial charge in [-0.2, -0.15) is 0 Å². The first-order valence-electron chi connectivity index (χ1n) is 7.57. The summed E-state index contributed by atoms with van der Waals surface area (Å²) < 4.78 is 0. The average Bonchev–Trinajstić information content (AvgIpc) is 3.05. The molecule has 0 spiro atoms. The molecule has 2 fully saturated rings. The van der Waals surface area contributed by atoms with Gasteiger partial charge in [0.2, 0.25) is 0 Å². The third kappa shape index (κ3) is 2.20. The van der Waals surface area contributed by atoms with Gasteiger partial charge in [0.05, 0.1) is 0 Å². The standard InChI is InChI=1S/C16H21ClN2/c17-13-4-3-11-9-14(10-12(11)8-13)18-15-5-7-19-6-1-2-16(15)19/h3-4,8,14-16,18H,1-2,5-7,9-10H2. The summed E-state index contributed by atoms with van der Waals surface area (Å²) in [6.07, 6.45) is 6.44. The van der Waals surface area contributed by atoms with Crippen molar-refractivity contribution in [1.29, 1.82) is 0 Å². The molecule has 1 aromatic carbocycles. The van der Waals surface area contributed by atoms with E-state index in [2.05, 4.69) is 22.3 Å². The van der Waals surface area contributed by atoms with E-state index in [0.717, 1.165) is 23.5 Å². The van der Waals surface area contributed by atoms with Gasteiger partial charge in [0.1, 0.15) is 0 Å².